The van der Waals surface area contributed by atoms with Gasteiger partial charge in [0.25, 0.3) is 0 Å². The third-order valence-electron chi connectivity index (χ3n) is 2.78. The van der Waals surface area contributed by atoms with Gasteiger partial charge in [-0.25, -0.2) is 4.79 Å². The minimum Gasteiger partial charge on any atom is -0.466 e. The van der Waals surface area contributed by atoms with Gasteiger partial charge in [-0.05, 0) is 18.3 Å². The van der Waals surface area contributed by atoms with Crippen LogP contribution in [0.25, 0.3) is 0 Å². The molecule has 0 unspecified atom stereocenters. The second-order valence-corrected chi connectivity index (χ2v) is 3.34. The highest BCUT2D eigenvalue weighted by atomic mass is 16.5. The molecule has 2 nitrogen and oxygen atoms in total. The smallest absolute Gasteiger partial charge is 0.333 e. The molecule has 0 aromatic heterocycles. The van der Waals surface area contributed by atoms with Crippen molar-refractivity contribution in [2.24, 2.45) is 11.8 Å². The highest BCUT2D eigenvalue weighted by molar-refractivity contribution is 5.89. The van der Waals surface area contributed by atoms with Crippen LogP contribution in [0.4, 0.5) is 0 Å². The van der Waals surface area contributed by atoms with Gasteiger partial charge in [0.15, 0.2) is 0 Å². The number of methoxy groups -OCH3 is 1. The van der Waals surface area contributed by atoms with Crippen molar-refractivity contribution in [3.05, 3.63) is 11.6 Å². The van der Waals surface area contributed by atoms with Gasteiger partial charge >= 0.3 is 5.97 Å². The highest BCUT2D eigenvalue weighted by Crippen LogP contribution is 2.33. The molecule has 2 atom stereocenters. The lowest BCUT2D eigenvalue weighted by Crippen LogP contribution is -2.13. The Morgan fingerprint density at radius 2 is 2.42 bits per heavy atom. The van der Waals surface area contributed by atoms with E-state index in [0.29, 0.717) is 11.8 Å². The first kappa shape index (κ1) is 9.30. The SMILES string of the molecule is CC[C@@H]1CC=C(C(=O)OC)[C@@H]1C. The summed E-state index contributed by atoms with van der Waals surface area (Å²) in [6.45, 7) is 4.26. The van der Waals surface area contributed by atoms with E-state index < -0.39 is 0 Å². The summed E-state index contributed by atoms with van der Waals surface area (Å²) in [5, 5.41) is 0. The van der Waals surface area contributed by atoms with E-state index in [1.807, 2.05) is 6.08 Å². The fourth-order valence-corrected chi connectivity index (χ4v) is 1.83. The van der Waals surface area contributed by atoms with Gasteiger partial charge in [0.1, 0.15) is 0 Å². The summed E-state index contributed by atoms with van der Waals surface area (Å²) >= 11 is 0. The van der Waals surface area contributed by atoms with Crippen LogP contribution in [-0.4, -0.2) is 13.1 Å². The van der Waals surface area contributed by atoms with Crippen LogP contribution in [0.1, 0.15) is 26.7 Å². The van der Waals surface area contributed by atoms with Crippen LogP contribution in [0.2, 0.25) is 0 Å². The summed E-state index contributed by atoms with van der Waals surface area (Å²) < 4.78 is 4.69. The molecule has 0 aliphatic heterocycles. The lowest BCUT2D eigenvalue weighted by atomic mass is 9.91. The van der Waals surface area contributed by atoms with Gasteiger partial charge in [0.05, 0.1) is 7.11 Å². The first-order valence-electron chi connectivity index (χ1n) is 4.49. The summed E-state index contributed by atoms with van der Waals surface area (Å²) in [6, 6.07) is 0. The van der Waals surface area contributed by atoms with E-state index in [9.17, 15) is 4.79 Å². The molecule has 0 heterocycles. The maximum absolute atomic E-state index is 11.2. The molecule has 12 heavy (non-hydrogen) atoms. The Morgan fingerprint density at radius 3 is 2.83 bits per heavy atom. The molecule has 0 fully saturated rings. The van der Waals surface area contributed by atoms with Gasteiger partial charge in [-0.3, -0.25) is 0 Å². The zero-order valence-corrected chi connectivity index (χ0v) is 7.96. The summed E-state index contributed by atoms with van der Waals surface area (Å²) in [7, 11) is 1.44. The number of carbonyl (C=O) groups is 1. The number of allylic oxidation sites excluding steroid dienone is 1. The average molecular weight is 168 g/mol. The predicted molar refractivity (Wildman–Crippen MR) is 47.7 cm³/mol. The number of hydrogen-bond acceptors (Lipinski definition) is 2. The molecule has 0 saturated carbocycles. The van der Waals surface area contributed by atoms with E-state index in [4.69, 9.17) is 4.74 Å². The number of hydrogen-bond donors (Lipinski definition) is 0. The summed E-state index contributed by atoms with van der Waals surface area (Å²) in [6.07, 6.45) is 4.19. The van der Waals surface area contributed by atoms with Crippen LogP contribution in [0, 0.1) is 11.8 Å². The van der Waals surface area contributed by atoms with E-state index >= 15 is 0 Å². The van der Waals surface area contributed by atoms with Gasteiger partial charge in [0.2, 0.25) is 0 Å². The van der Waals surface area contributed by atoms with Gasteiger partial charge in [-0.15, -0.1) is 0 Å². The Labute approximate surface area is 73.6 Å². The third-order valence-corrected chi connectivity index (χ3v) is 2.78. The molecule has 0 radical (unpaired) electrons. The normalized spacial score (nSPS) is 28.4. The van der Waals surface area contributed by atoms with E-state index in [2.05, 4.69) is 13.8 Å². The largest absolute Gasteiger partial charge is 0.466 e. The molecule has 0 N–H and O–H groups in total. The van der Waals surface area contributed by atoms with E-state index in [-0.39, 0.29) is 5.97 Å². The molecule has 1 aliphatic carbocycles. The maximum Gasteiger partial charge on any atom is 0.333 e. The lowest BCUT2D eigenvalue weighted by molar-refractivity contribution is -0.136. The Kier molecular flexibility index (Phi) is 2.90. The fraction of sp³-hybridized carbons (Fsp3) is 0.700. The fourth-order valence-electron chi connectivity index (χ4n) is 1.83. The molecule has 0 spiro atoms. The number of rotatable bonds is 2. The van der Waals surface area contributed by atoms with Crippen molar-refractivity contribution < 1.29 is 9.53 Å². The van der Waals surface area contributed by atoms with Gasteiger partial charge in [0, 0.05) is 5.57 Å². The molecule has 0 aromatic carbocycles. The Balaban J connectivity index is 2.64. The molecular formula is C10H16O2. The maximum atomic E-state index is 11.2. The van der Waals surface area contributed by atoms with Crippen molar-refractivity contribution in [3.63, 3.8) is 0 Å². The molecule has 1 aliphatic rings. The van der Waals surface area contributed by atoms with E-state index in [1.54, 1.807) is 0 Å². The lowest BCUT2D eigenvalue weighted by Gasteiger charge is -2.15. The predicted octanol–water partition coefficient (Wildman–Crippen LogP) is 2.15. The molecule has 1 rings (SSSR count). The Hall–Kier alpha value is -0.790. The summed E-state index contributed by atoms with van der Waals surface area (Å²) in [5.74, 6) is 0.861. The molecule has 0 bridgehead atoms. The van der Waals surface area contributed by atoms with Crippen molar-refractivity contribution in [1.29, 1.82) is 0 Å². The van der Waals surface area contributed by atoms with Crippen LogP contribution in [0.15, 0.2) is 11.6 Å². The van der Waals surface area contributed by atoms with E-state index in [1.165, 1.54) is 7.11 Å². The molecule has 0 amide bonds. The first-order valence-corrected chi connectivity index (χ1v) is 4.49. The number of esters is 1. The molecular weight excluding hydrogens is 152 g/mol. The first-order chi connectivity index (χ1) is 5.70. The van der Waals surface area contributed by atoms with Crippen LogP contribution in [-0.2, 0) is 9.53 Å². The van der Waals surface area contributed by atoms with Crippen LogP contribution < -0.4 is 0 Å². The van der Waals surface area contributed by atoms with Crippen molar-refractivity contribution in [3.8, 4) is 0 Å². The van der Waals surface area contributed by atoms with Crippen LogP contribution in [0.5, 0.6) is 0 Å². The quantitative estimate of drug-likeness (QED) is 0.590. The zero-order chi connectivity index (χ0) is 9.14. The Morgan fingerprint density at radius 1 is 1.75 bits per heavy atom. The highest BCUT2D eigenvalue weighted by Gasteiger charge is 2.28. The summed E-state index contributed by atoms with van der Waals surface area (Å²) in [5.41, 5.74) is 0.865. The average Bonchev–Trinajstić information content (AvgIpc) is 2.45. The number of carbonyl (C=O) groups excluding carboxylic acids is 1. The zero-order valence-electron chi connectivity index (χ0n) is 7.96. The molecule has 2 heteroatoms. The van der Waals surface area contributed by atoms with Crippen molar-refractivity contribution in [2.75, 3.05) is 7.11 Å². The van der Waals surface area contributed by atoms with Gasteiger partial charge in [-0.2, -0.15) is 0 Å². The monoisotopic (exact) mass is 168 g/mol. The molecule has 0 saturated heterocycles. The second-order valence-electron chi connectivity index (χ2n) is 3.34. The van der Waals surface area contributed by atoms with Gasteiger partial charge in [-0.1, -0.05) is 26.3 Å². The minimum atomic E-state index is -0.154. The topological polar surface area (TPSA) is 26.3 Å². The van der Waals surface area contributed by atoms with Crippen LogP contribution >= 0.6 is 0 Å². The molecule has 0 aromatic rings. The van der Waals surface area contributed by atoms with Crippen molar-refractivity contribution in [2.45, 2.75) is 26.7 Å². The Bertz CT molecular complexity index is 206. The minimum absolute atomic E-state index is 0.154. The summed E-state index contributed by atoms with van der Waals surface area (Å²) in [4.78, 5) is 11.2. The third kappa shape index (κ3) is 1.52. The molecule has 68 valence electrons. The van der Waals surface area contributed by atoms with E-state index in [0.717, 1.165) is 18.4 Å². The van der Waals surface area contributed by atoms with Crippen molar-refractivity contribution in [1.82, 2.24) is 0 Å². The number of ether oxygens (including phenoxy) is 1. The standard InChI is InChI=1S/C10H16O2/c1-4-8-5-6-9(7(8)2)10(11)12-3/h6-8H,4-5H2,1-3H3/t7-,8-/m1/s1. The van der Waals surface area contributed by atoms with Crippen molar-refractivity contribution >= 4 is 5.97 Å². The van der Waals surface area contributed by atoms with Crippen LogP contribution in [0.3, 0.4) is 0 Å². The second kappa shape index (κ2) is 3.74. The van der Waals surface area contributed by atoms with Gasteiger partial charge < -0.3 is 4.74 Å².